The first kappa shape index (κ1) is 17.3. The predicted octanol–water partition coefficient (Wildman–Crippen LogP) is 0.655. The van der Waals surface area contributed by atoms with Gasteiger partial charge in [0, 0.05) is 33.1 Å². The molecule has 0 aromatic carbocycles. The lowest BCUT2D eigenvalue weighted by Gasteiger charge is -2.32. The van der Waals surface area contributed by atoms with E-state index in [1.54, 1.807) is 11.8 Å². The Bertz CT molecular complexity index is 378. The van der Waals surface area contributed by atoms with Gasteiger partial charge in [0.2, 0.25) is 5.91 Å². The third-order valence-electron chi connectivity index (χ3n) is 3.82. The Morgan fingerprint density at radius 1 is 1.24 bits per heavy atom. The average molecular weight is 299 g/mol. The minimum Gasteiger partial charge on any atom is -0.481 e. The van der Waals surface area contributed by atoms with Crippen LogP contribution >= 0.6 is 0 Å². The second-order valence-corrected chi connectivity index (χ2v) is 5.63. The molecule has 1 aliphatic rings. The molecule has 1 rings (SSSR count). The number of nitrogens with zero attached hydrogens (tertiary/aromatic N) is 1. The number of likely N-dealkylation sites (tertiary alicyclic amines) is 1. The maximum absolute atomic E-state index is 11.9. The lowest BCUT2D eigenvalue weighted by Crippen LogP contribution is -2.46. The minimum absolute atomic E-state index is 0.0253. The zero-order valence-corrected chi connectivity index (χ0v) is 12.7. The van der Waals surface area contributed by atoms with Crippen LogP contribution in [0.25, 0.3) is 0 Å². The number of carbonyl (C=O) groups excluding carboxylic acids is 2. The molecule has 1 fully saturated rings. The lowest BCUT2D eigenvalue weighted by atomic mass is 9.97. The molecule has 1 aliphatic heterocycles. The maximum Gasteiger partial charge on any atom is 0.317 e. The summed E-state index contributed by atoms with van der Waals surface area (Å²) in [4.78, 5) is 35.2. The molecule has 21 heavy (non-hydrogen) atoms. The highest BCUT2D eigenvalue weighted by Gasteiger charge is 2.22. The van der Waals surface area contributed by atoms with E-state index in [0.29, 0.717) is 38.5 Å². The number of amides is 3. The highest BCUT2D eigenvalue weighted by atomic mass is 16.4. The number of aliphatic carboxylic acids is 1. The zero-order valence-electron chi connectivity index (χ0n) is 12.7. The maximum atomic E-state index is 11.9. The van der Waals surface area contributed by atoms with Crippen molar-refractivity contribution in [1.29, 1.82) is 0 Å². The van der Waals surface area contributed by atoms with Gasteiger partial charge in [-0.1, -0.05) is 6.92 Å². The quantitative estimate of drug-likeness (QED) is 0.671. The molecule has 1 heterocycles. The van der Waals surface area contributed by atoms with Crippen LogP contribution in [-0.2, 0) is 9.59 Å². The fraction of sp³-hybridized carbons (Fsp3) is 0.786. The van der Waals surface area contributed by atoms with Crippen LogP contribution in [0.5, 0.6) is 0 Å². The van der Waals surface area contributed by atoms with Crippen LogP contribution in [0.4, 0.5) is 4.79 Å². The minimum atomic E-state index is -0.844. The fourth-order valence-corrected chi connectivity index (χ4v) is 2.26. The number of carboxylic acid groups (broad SMARTS) is 1. The smallest absolute Gasteiger partial charge is 0.317 e. The van der Waals surface area contributed by atoms with E-state index in [2.05, 4.69) is 10.6 Å². The summed E-state index contributed by atoms with van der Waals surface area (Å²) in [5, 5.41) is 14.3. The number of rotatable bonds is 6. The number of nitrogens with one attached hydrogen (secondary N) is 2. The van der Waals surface area contributed by atoms with E-state index in [0.717, 1.165) is 12.8 Å². The van der Waals surface area contributed by atoms with Crippen molar-refractivity contribution in [1.82, 2.24) is 15.5 Å². The molecule has 0 radical (unpaired) electrons. The number of urea groups is 1. The van der Waals surface area contributed by atoms with Gasteiger partial charge in [0.15, 0.2) is 0 Å². The molecule has 0 bridgehead atoms. The molecule has 0 saturated carbocycles. The van der Waals surface area contributed by atoms with E-state index in [-0.39, 0.29) is 11.9 Å². The highest BCUT2D eigenvalue weighted by molar-refractivity contribution is 5.74. The van der Waals surface area contributed by atoms with Crippen LogP contribution in [0.3, 0.4) is 0 Å². The monoisotopic (exact) mass is 299 g/mol. The Morgan fingerprint density at radius 2 is 1.86 bits per heavy atom. The van der Waals surface area contributed by atoms with E-state index in [4.69, 9.17) is 5.11 Å². The zero-order chi connectivity index (χ0) is 15.8. The van der Waals surface area contributed by atoms with Gasteiger partial charge in [-0.2, -0.15) is 0 Å². The topological polar surface area (TPSA) is 98.7 Å². The van der Waals surface area contributed by atoms with E-state index in [1.807, 2.05) is 0 Å². The summed E-state index contributed by atoms with van der Waals surface area (Å²) in [5.41, 5.74) is 0. The van der Waals surface area contributed by atoms with Crippen LogP contribution in [0, 0.1) is 11.8 Å². The van der Waals surface area contributed by atoms with Crippen molar-refractivity contribution in [3.05, 3.63) is 0 Å². The lowest BCUT2D eigenvalue weighted by molar-refractivity contribution is -0.141. The van der Waals surface area contributed by atoms with Gasteiger partial charge in [-0.05, 0) is 25.2 Å². The number of carbonyl (C=O) groups is 3. The van der Waals surface area contributed by atoms with Crippen molar-refractivity contribution in [2.45, 2.75) is 33.1 Å². The van der Waals surface area contributed by atoms with Crippen molar-refractivity contribution >= 4 is 17.9 Å². The normalized spacial score (nSPS) is 17.1. The molecule has 7 heteroatoms. The van der Waals surface area contributed by atoms with Crippen LogP contribution in [0.1, 0.15) is 33.1 Å². The second kappa shape index (κ2) is 8.49. The molecule has 1 atom stereocenters. The molecule has 120 valence electrons. The Morgan fingerprint density at radius 3 is 2.38 bits per heavy atom. The summed E-state index contributed by atoms with van der Waals surface area (Å²) in [7, 11) is 0. The van der Waals surface area contributed by atoms with Gasteiger partial charge in [0.25, 0.3) is 0 Å². The first-order chi connectivity index (χ1) is 9.90. The molecule has 0 aliphatic carbocycles. The van der Waals surface area contributed by atoms with Crippen molar-refractivity contribution in [3.63, 3.8) is 0 Å². The molecule has 0 spiro atoms. The molecule has 0 aromatic rings. The third-order valence-corrected chi connectivity index (χ3v) is 3.82. The molecule has 3 N–H and O–H groups in total. The highest BCUT2D eigenvalue weighted by Crippen LogP contribution is 2.16. The summed E-state index contributed by atoms with van der Waals surface area (Å²) < 4.78 is 0. The van der Waals surface area contributed by atoms with Gasteiger partial charge in [-0.15, -0.1) is 0 Å². The van der Waals surface area contributed by atoms with Gasteiger partial charge in [-0.3, -0.25) is 9.59 Å². The molecule has 1 saturated heterocycles. The van der Waals surface area contributed by atoms with Crippen molar-refractivity contribution in [3.8, 4) is 0 Å². The number of piperidine rings is 1. The summed E-state index contributed by atoms with van der Waals surface area (Å²) in [5.74, 6) is -0.899. The Labute approximate surface area is 125 Å². The van der Waals surface area contributed by atoms with Gasteiger partial charge in [-0.25, -0.2) is 4.79 Å². The average Bonchev–Trinajstić information content (AvgIpc) is 2.45. The SMILES string of the molecule is CC(=O)NCC1CCN(C(=O)NCCC(C)C(=O)O)CC1. The van der Waals surface area contributed by atoms with Crippen molar-refractivity contribution in [2.75, 3.05) is 26.2 Å². The van der Waals surface area contributed by atoms with Crippen molar-refractivity contribution < 1.29 is 19.5 Å². The van der Waals surface area contributed by atoms with Gasteiger partial charge in [0.05, 0.1) is 5.92 Å². The van der Waals surface area contributed by atoms with Crippen LogP contribution in [-0.4, -0.2) is 54.1 Å². The Hall–Kier alpha value is -1.79. The standard InChI is InChI=1S/C14H25N3O4/c1-10(13(19)20)3-6-15-14(21)17-7-4-12(5-8-17)9-16-11(2)18/h10,12H,3-9H2,1-2H3,(H,15,21)(H,16,18)(H,19,20). The largest absolute Gasteiger partial charge is 0.481 e. The summed E-state index contributed by atoms with van der Waals surface area (Å²) in [6.45, 7) is 5.51. The van der Waals surface area contributed by atoms with Crippen molar-refractivity contribution in [2.24, 2.45) is 11.8 Å². The summed E-state index contributed by atoms with van der Waals surface area (Å²) >= 11 is 0. The van der Waals surface area contributed by atoms with E-state index < -0.39 is 11.9 Å². The third kappa shape index (κ3) is 6.46. The Balaban J connectivity index is 2.19. The van der Waals surface area contributed by atoms with Crippen LogP contribution in [0.2, 0.25) is 0 Å². The molecular formula is C14H25N3O4. The predicted molar refractivity (Wildman–Crippen MR) is 77.8 cm³/mol. The number of hydrogen-bond acceptors (Lipinski definition) is 3. The molecule has 3 amide bonds. The van der Waals surface area contributed by atoms with Crippen LogP contribution < -0.4 is 10.6 Å². The van der Waals surface area contributed by atoms with Crippen LogP contribution in [0.15, 0.2) is 0 Å². The van der Waals surface area contributed by atoms with E-state index >= 15 is 0 Å². The second-order valence-electron chi connectivity index (χ2n) is 5.63. The fourth-order valence-electron chi connectivity index (χ4n) is 2.26. The molecule has 0 aromatic heterocycles. The Kier molecular flexibility index (Phi) is 6.98. The van der Waals surface area contributed by atoms with Gasteiger partial charge >= 0.3 is 12.0 Å². The number of carboxylic acids is 1. The molecule has 1 unspecified atom stereocenters. The van der Waals surface area contributed by atoms with Gasteiger partial charge in [0.1, 0.15) is 0 Å². The first-order valence-electron chi connectivity index (χ1n) is 7.40. The summed E-state index contributed by atoms with van der Waals surface area (Å²) in [6, 6.07) is -0.134. The molecule has 7 nitrogen and oxygen atoms in total. The summed E-state index contributed by atoms with van der Waals surface area (Å²) in [6.07, 6.45) is 2.18. The van der Waals surface area contributed by atoms with E-state index in [1.165, 1.54) is 6.92 Å². The molecular weight excluding hydrogens is 274 g/mol. The number of hydrogen-bond donors (Lipinski definition) is 3. The van der Waals surface area contributed by atoms with Gasteiger partial charge < -0.3 is 20.6 Å². The van der Waals surface area contributed by atoms with E-state index in [9.17, 15) is 14.4 Å². The first-order valence-corrected chi connectivity index (χ1v) is 7.40.